The molecule has 0 aliphatic heterocycles. The molecule has 1 aliphatic carbocycles. The van der Waals surface area contributed by atoms with Crippen molar-refractivity contribution in [1.29, 1.82) is 0 Å². The summed E-state index contributed by atoms with van der Waals surface area (Å²) in [6.07, 6.45) is 4.27. The molecule has 1 amide bonds. The van der Waals surface area contributed by atoms with Crippen LogP contribution in [0.1, 0.15) is 31.2 Å². The third-order valence-electron chi connectivity index (χ3n) is 4.86. The molecule has 5 heteroatoms. The van der Waals surface area contributed by atoms with Crippen molar-refractivity contribution in [2.75, 3.05) is 14.2 Å². The zero-order chi connectivity index (χ0) is 16.9. The molecule has 24 heavy (non-hydrogen) atoms. The van der Waals surface area contributed by atoms with Crippen molar-refractivity contribution in [3.8, 4) is 5.88 Å². The van der Waals surface area contributed by atoms with Crippen molar-refractivity contribution < 1.29 is 9.53 Å². The number of methoxy groups -OCH3 is 1. The number of para-hydroxylation sites is 1. The fourth-order valence-electron chi connectivity index (χ4n) is 3.56. The average molecular weight is 327 g/mol. The summed E-state index contributed by atoms with van der Waals surface area (Å²) < 4.78 is 5.46. The fourth-order valence-corrected chi connectivity index (χ4v) is 3.56. The van der Waals surface area contributed by atoms with Gasteiger partial charge in [-0.2, -0.15) is 0 Å². The van der Waals surface area contributed by atoms with Crippen LogP contribution in [0.4, 0.5) is 0 Å². The Hall–Kier alpha value is -2.14. The number of aromatic nitrogens is 1. The number of fused-ring (bicyclic) bond motifs is 1. The van der Waals surface area contributed by atoms with Gasteiger partial charge in [0.15, 0.2) is 0 Å². The summed E-state index contributed by atoms with van der Waals surface area (Å²) in [4.78, 5) is 16.7. The highest BCUT2D eigenvalue weighted by Gasteiger charge is 2.30. The molecule has 1 saturated carbocycles. The van der Waals surface area contributed by atoms with E-state index in [0.29, 0.717) is 12.4 Å². The summed E-state index contributed by atoms with van der Waals surface area (Å²) in [5.41, 5.74) is 1.96. The number of nitrogens with zero attached hydrogens (tertiary/aromatic N) is 1. The van der Waals surface area contributed by atoms with Crippen molar-refractivity contribution in [3.05, 3.63) is 35.9 Å². The van der Waals surface area contributed by atoms with Gasteiger partial charge in [-0.1, -0.05) is 31.0 Å². The van der Waals surface area contributed by atoms with Crippen LogP contribution < -0.4 is 15.4 Å². The monoisotopic (exact) mass is 327 g/mol. The van der Waals surface area contributed by atoms with Gasteiger partial charge in [0.05, 0.1) is 18.5 Å². The van der Waals surface area contributed by atoms with Crippen LogP contribution in [0.5, 0.6) is 5.88 Å². The first kappa shape index (κ1) is 16.7. The molecular weight excluding hydrogens is 302 g/mol. The van der Waals surface area contributed by atoms with Gasteiger partial charge in [-0.25, -0.2) is 4.98 Å². The normalized spacial score (nSPS) is 20.8. The zero-order valence-corrected chi connectivity index (χ0v) is 14.3. The highest BCUT2D eigenvalue weighted by Crippen LogP contribution is 2.26. The van der Waals surface area contributed by atoms with Gasteiger partial charge in [0, 0.05) is 30.6 Å². The third-order valence-corrected chi connectivity index (χ3v) is 4.86. The van der Waals surface area contributed by atoms with E-state index in [0.717, 1.165) is 42.1 Å². The minimum absolute atomic E-state index is 0.0446. The van der Waals surface area contributed by atoms with Crippen LogP contribution in [0.15, 0.2) is 30.3 Å². The van der Waals surface area contributed by atoms with Gasteiger partial charge in [-0.05, 0) is 25.0 Å². The number of benzene rings is 1. The summed E-state index contributed by atoms with van der Waals surface area (Å²) in [7, 11) is 3.36. The van der Waals surface area contributed by atoms with Gasteiger partial charge in [-0.3, -0.25) is 4.79 Å². The molecule has 2 N–H and O–H groups in total. The van der Waals surface area contributed by atoms with E-state index in [1.54, 1.807) is 14.2 Å². The molecule has 0 radical (unpaired) electrons. The summed E-state index contributed by atoms with van der Waals surface area (Å²) in [6.45, 7) is 0.652. The maximum absolute atomic E-state index is 12.1. The maximum atomic E-state index is 12.1. The third kappa shape index (κ3) is 3.51. The molecule has 1 aromatic carbocycles. The van der Waals surface area contributed by atoms with E-state index in [-0.39, 0.29) is 17.9 Å². The quantitative estimate of drug-likeness (QED) is 0.886. The second kappa shape index (κ2) is 7.62. The lowest BCUT2D eigenvalue weighted by Gasteiger charge is -2.31. The Morgan fingerprint density at radius 2 is 2.08 bits per heavy atom. The molecular formula is C19H25N3O2. The molecule has 1 heterocycles. The number of pyridine rings is 1. The Balaban J connectivity index is 1.77. The number of carbonyl (C=O) groups excluding carboxylic acids is 1. The van der Waals surface area contributed by atoms with Gasteiger partial charge < -0.3 is 15.4 Å². The van der Waals surface area contributed by atoms with Crippen LogP contribution in [-0.4, -0.2) is 31.1 Å². The van der Waals surface area contributed by atoms with Crippen molar-refractivity contribution in [3.63, 3.8) is 0 Å². The van der Waals surface area contributed by atoms with E-state index in [9.17, 15) is 4.79 Å². The van der Waals surface area contributed by atoms with E-state index in [1.807, 2.05) is 18.2 Å². The summed E-state index contributed by atoms with van der Waals surface area (Å²) >= 11 is 0. The predicted molar refractivity (Wildman–Crippen MR) is 94.9 cm³/mol. The summed E-state index contributed by atoms with van der Waals surface area (Å²) in [5.74, 6) is 0.826. The van der Waals surface area contributed by atoms with Gasteiger partial charge >= 0.3 is 0 Å². The topological polar surface area (TPSA) is 63.2 Å². The second-order valence-corrected chi connectivity index (χ2v) is 6.34. The van der Waals surface area contributed by atoms with Gasteiger partial charge in [0.25, 0.3) is 0 Å². The lowest BCUT2D eigenvalue weighted by Crippen LogP contribution is -2.45. The van der Waals surface area contributed by atoms with Crippen LogP contribution in [-0.2, 0) is 11.3 Å². The number of ether oxygens (including phenoxy) is 1. The number of hydrogen-bond acceptors (Lipinski definition) is 4. The molecule has 2 unspecified atom stereocenters. The van der Waals surface area contributed by atoms with Crippen LogP contribution in [0, 0.1) is 5.92 Å². The predicted octanol–water partition coefficient (Wildman–Crippen LogP) is 2.64. The molecule has 1 aliphatic rings. The Morgan fingerprint density at radius 3 is 2.88 bits per heavy atom. The first-order chi connectivity index (χ1) is 11.7. The Labute approximate surface area is 142 Å². The van der Waals surface area contributed by atoms with E-state index in [1.165, 1.54) is 0 Å². The maximum Gasteiger partial charge on any atom is 0.224 e. The molecule has 1 fully saturated rings. The minimum atomic E-state index is 0.0446. The Morgan fingerprint density at radius 1 is 1.29 bits per heavy atom. The van der Waals surface area contributed by atoms with E-state index >= 15 is 0 Å². The van der Waals surface area contributed by atoms with E-state index in [2.05, 4.69) is 27.8 Å². The second-order valence-electron chi connectivity index (χ2n) is 6.34. The lowest BCUT2D eigenvalue weighted by atomic mass is 9.83. The molecule has 0 bridgehead atoms. The zero-order valence-electron chi connectivity index (χ0n) is 14.3. The standard InChI is InChI=1S/C19H25N3O2/c1-20-18(23)15-8-4-6-10-17(15)21-12-14-11-13-7-3-5-9-16(13)22-19(14)24-2/h3,5,7,9,11,15,17,21H,4,6,8,10,12H2,1-2H3,(H,20,23). The van der Waals surface area contributed by atoms with E-state index in [4.69, 9.17) is 4.74 Å². The largest absolute Gasteiger partial charge is 0.481 e. The SMILES string of the molecule is CNC(=O)C1CCCCC1NCc1cc2ccccc2nc1OC. The van der Waals surface area contributed by atoms with Crippen LogP contribution >= 0.6 is 0 Å². The number of carbonyl (C=O) groups is 1. The molecule has 1 aromatic heterocycles. The smallest absolute Gasteiger partial charge is 0.224 e. The number of amides is 1. The first-order valence-corrected chi connectivity index (χ1v) is 8.60. The summed E-state index contributed by atoms with van der Waals surface area (Å²) in [5, 5.41) is 7.45. The van der Waals surface area contributed by atoms with Gasteiger partial charge in [-0.15, -0.1) is 0 Å². The van der Waals surface area contributed by atoms with Crippen molar-refractivity contribution >= 4 is 16.8 Å². The molecule has 2 atom stereocenters. The van der Waals surface area contributed by atoms with Gasteiger partial charge in [0.2, 0.25) is 11.8 Å². The minimum Gasteiger partial charge on any atom is -0.481 e. The molecule has 3 rings (SSSR count). The van der Waals surface area contributed by atoms with E-state index < -0.39 is 0 Å². The number of hydrogen-bond donors (Lipinski definition) is 2. The van der Waals surface area contributed by atoms with Crippen LogP contribution in [0.25, 0.3) is 10.9 Å². The van der Waals surface area contributed by atoms with Crippen LogP contribution in [0.2, 0.25) is 0 Å². The fraction of sp³-hybridized carbons (Fsp3) is 0.474. The average Bonchev–Trinajstić information content (AvgIpc) is 2.65. The highest BCUT2D eigenvalue weighted by atomic mass is 16.5. The highest BCUT2D eigenvalue weighted by molar-refractivity contribution is 5.80. The van der Waals surface area contributed by atoms with Crippen molar-refractivity contribution in [2.45, 2.75) is 38.3 Å². The lowest BCUT2D eigenvalue weighted by molar-refractivity contribution is -0.126. The molecule has 128 valence electrons. The molecule has 0 saturated heterocycles. The number of rotatable bonds is 5. The van der Waals surface area contributed by atoms with Crippen molar-refractivity contribution in [2.24, 2.45) is 5.92 Å². The van der Waals surface area contributed by atoms with Crippen molar-refractivity contribution in [1.82, 2.24) is 15.6 Å². The molecule has 0 spiro atoms. The molecule has 2 aromatic rings. The Kier molecular flexibility index (Phi) is 5.30. The Bertz CT molecular complexity index is 717. The summed E-state index contributed by atoms with van der Waals surface area (Å²) in [6, 6.07) is 10.3. The first-order valence-electron chi connectivity index (χ1n) is 8.60. The van der Waals surface area contributed by atoms with Gasteiger partial charge in [0.1, 0.15) is 0 Å². The molecule has 5 nitrogen and oxygen atoms in total. The van der Waals surface area contributed by atoms with Crippen LogP contribution in [0.3, 0.4) is 0 Å². The number of nitrogens with one attached hydrogen (secondary N) is 2.